The van der Waals surface area contributed by atoms with Crippen LogP contribution in [0.2, 0.25) is 5.02 Å². The van der Waals surface area contributed by atoms with Gasteiger partial charge in [0, 0.05) is 33.4 Å². The van der Waals surface area contributed by atoms with Crippen molar-refractivity contribution in [3.8, 4) is 0 Å². The van der Waals surface area contributed by atoms with Gasteiger partial charge >= 0.3 is 0 Å². The molecule has 0 spiro atoms. The summed E-state index contributed by atoms with van der Waals surface area (Å²) in [6.07, 6.45) is 1.60. The second-order valence-corrected chi connectivity index (χ2v) is 5.54. The first-order valence-electron chi connectivity index (χ1n) is 5.61. The average Bonchev–Trinajstić information content (AvgIpc) is 2.35. The number of nitrogens with zero attached hydrogens (tertiary/aromatic N) is 1. The molecule has 0 radical (unpaired) electrons. The second-order valence-electron chi connectivity index (χ2n) is 4.21. The predicted octanol–water partition coefficient (Wildman–Crippen LogP) is 4.08. The van der Waals surface area contributed by atoms with Crippen LogP contribution < -0.4 is 0 Å². The van der Waals surface area contributed by atoms with Gasteiger partial charge in [-0.1, -0.05) is 33.6 Å². The molecular weight excluding hydrogens is 314 g/mol. The third-order valence-corrected chi connectivity index (χ3v) is 3.53. The van der Waals surface area contributed by atoms with Crippen LogP contribution in [-0.4, -0.2) is 10.1 Å². The zero-order valence-corrected chi connectivity index (χ0v) is 12.2. The van der Waals surface area contributed by atoms with E-state index in [-0.39, 0.29) is 0 Å². The summed E-state index contributed by atoms with van der Waals surface area (Å²) in [4.78, 5) is 4.28. The van der Waals surface area contributed by atoms with Crippen LogP contribution in [0.1, 0.15) is 22.9 Å². The van der Waals surface area contributed by atoms with Gasteiger partial charge in [0.25, 0.3) is 0 Å². The van der Waals surface area contributed by atoms with E-state index < -0.39 is 6.10 Å². The van der Waals surface area contributed by atoms with Gasteiger partial charge in [0.05, 0.1) is 6.10 Å². The lowest BCUT2D eigenvalue weighted by Gasteiger charge is -2.13. The van der Waals surface area contributed by atoms with Crippen molar-refractivity contribution in [2.75, 3.05) is 0 Å². The molecule has 0 bridgehead atoms. The molecule has 0 amide bonds. The van der Waals surface area contributed by atoms with Gasteiger partial charge in [-0.05, 0) is 36.8 Å². The highest BCUT2D eigenvalue weighted by molar-refractivity contribution is 9.10. The molecule has 1 unspecified atom stereocenters. The van der Waals surface area contributed by atoms with Crippen LogP contribution in [0, 0.1) is 6.92 Å². The Balaban J connectivity index is 2.18. The minimum atomic E-state index is -0.648. The Bertz CT molecular complexity index is 542. The summed E-state index contributed by atoms with van der Waals surface area (Å²) in [7, 11) is 0. The quantitative estimate of drug-likeness (QED) is 0.922. The third kappa shape index (κ3) is 3.31. The summed E-state index contributed by atoms with van der Waals surface area (Å²) < 4.78 is 0.901. The number of benzene rings is 1. The van der Waals surface area contributed by atoms with Crippen LogP contribution >= 0.6 is 27.5 Å². The van der Waals surface area contributed by atoms with E-state index in [9.17, 15) is 5.11 Å². The lowest BCUT2D eigenvalue weighted by Crippen LogP contribution is -2.04. The molecule has 1 aromatic heterocycles. The number of hydrogen-bond donors (Lipinski definition) is 1. The second kappa shape index (κ2) is 5.83. The Hall–Kier alpha value is -0.900. The molecule has 0 aliphatic heterocycles. The maximum Gasteiger partial charge on any atom is 0.0860 e. The van der Waals surface area contributed by atoms with Crippen LogP contribution in [-0.2, 0) is 6.42 Å². The standard InChI is InChI=1S/C14H13BrClNO/c1-9-2-4-11(17-8-9)7-14(18)12-6-10(15)3-5-13(12)16/h2-6,8,14,18H,7H2,1H3. The number of aromatic nitrogens is 1. The Kier molecular flexibility index (Phi) is 4.38. The molecule has 1 heterocycles. The van der Waals surface area contributed by atoms with Gasteiger partial charge in [-0.15, -0.1) is 0 Å². The maximum absolute atomic E-state index is 10.2. The molecule has 1 atom stereocenters. The molecule has 0 saturated carbocycles. The molecule has 4 heteroatoms. The molecule has 0 aliphatic carbocycles. The van der Waals surface area contributed by atoms with Gasteiger partial charge in [-0.2, -0.15) is 0 Å². The van der Waals surface area contributed by atoms with Crippen LogP contribution in [0.25, 0.3) is 0 Å². The summed E-state index contributed by atoms with van der Waals surface area (Å²) >= 11 is 9.46. The van der Waals surface area contributed by atoms with Crippen LogP contribution in [0.3, 0.4) is 0 Å². The topological polar surface area (TPSA) is 33.1 Å². The third-order valence-electron chi connectivity index (χ3n) is 2.69. The zero-order valence-electron chi connectivity index (χ0n) is 9.90. The molecular formula is C14H13BrClNO. The van der Waals surface area contributed by atoms with Crippen LogP contribution in [0.4, 0.5) is 0 Å². The first-order chi connectivity index (χ1) is 8.56. The summed E-state index contributed by atoms with van der Waals surface area (Å²) in [6.45, 7) is 1.98. The SMILES string of the molecule is Cc1ccc(CC(O)c2cc(Br)ccc2Cl)nc1. The highest BCUT2D eigenvalue weighted by Gasteiger charge is 2.13. The van der Waals surface area contributed by atoms with Gasteiger partial charge < -0.3 is 5.11 Å². The number of aryl methyl sites for hydroxylation is 1. The monoisotopic (exact) mass is 325 g/mol. The molecule has 1 N–H and O–H groups in total. The summed E-state index contributed by atoms with van der Waals surface area (Å²) in [6, 6.07) is 9.36. The maximum atomic E-state index is 10.2. The van der Waals surface area contributed by atoms with Gasteiger partial charge in [0.1, 0.15) is 0 Å². The van der Waals surface area contributed by atoms with E-state index in [1.807, 2.05) is 31.2 Å². The highest BCUT2D eigenvalue weighted by atomic mass is 79.9. The number of aliphatic hydroxyl groups is 1. The lowest BCUT2D eigenvalue weighted by atomic mass is 10.0. The Morgan fingerprint density at radius 2 is 2.11 bits per heavy atom. The van der Waals surface area contributed by atoms with Gasteiger partial charge in [-0.3, -0.25) is 4.98 Å². The average molecular weight is 327 g/mol. The van der Waals surface area contributed by atoms with E-state index in [4.69, 9.17) is 11.6 Å². The molecule has 0 fully saturated rings. The number of halogens is 2. The predicted molar refractivity (Wildman–Crippen MR) is 76.8 cm³/mol. The van der Waals surface area contributed by atoms with E-state index in [2.05, 4.69) is 20.9 Å². The fourth-order valence-electron chi connectivity index (χ4n) is 1.70. The van der Waals surface area contributed by atoms with Gasteiger partial charge in [0.2, 0.25) is 0 Å². The largest absolute Gasteiger partial charge is 0.388 e. The fraction of sp³-hybridized carbons (Fsp3) is 0.214. The van der Waals surface area contributed by atoms with E-state index in [0.717, 1.165) is 15.7 Å². The number of hydrogen-bond acceptors (Lipinski definition) is 2. The van der Waals surface area contributed by atoms with E-state index >= 15 is 0 Å². The molecule has 94 valence electrons. The number of rotatable bonds is 3. The van der Waals surface area contributed by atoms with Crippen molar-refractivity contribution in [1.29, 1.82) is 0 Å². The van der Waals surface area contributed by atoms with E-state index in [0.29, 0.717) is 17.0 Å². The smallest absolute Gasteiger partial charge is 0.0860 e. The molecule has 18 heavy (non-hydrogen) atoms. The van der Waals surface area contributed by atoms with Crippen molar-refractivity contribution in [1.82, 2.24) is 4.98 Å². The first kappa shape index (κ1) is 13.5. The van der Waals surface area contributed by atoms with E-state index in [1.54, 1.807) is 12.3 Å². The number of pyridine rings is 1. The molecule has 0 saturated heterocycles. The van der Waals surface area contributed by atoms with Crippen molar-refractivity contribution >= 4 is 27.5 Å². The van der Waals surface area contributed by atoms with Gasteiger partial charge in [0.15, 0.2) is 0 Å². The minimum absolute atomic E-state index is 0.455. The molecule has 0 aliphatic rings. The van der Waals surface area contributed by atoms with Crippen molar-refractivity contribution < 1.29 is 5.11 Å². The minimum Gasteiger partial charge on any atom is -0.388 e. The first-order valence-corrected chi connectivity index (χ1v) is 6.78. The van der Waals surface area contributed by atoms with Gasteiger partial charge in [-0.25, -0.2) is 0 Å². The number of aliphatic hydroxyl groups excluding tert-OH is 1. The molecule has 2 rings (SSSR count). The van der Waals surface area contributed by atoms with Crippen molar-refractivity contribution in [2.45, 2.75) is 19.4 Å². The van der Waals surface area contributed by atoms with Crippen LogP contribution in [0.15, 0.2) is 41.0 Å². The Morgan fingerprint density at radius 1 is 1.33 bits per heavy atom. The molecule has 2 nitrogen and oxygen atoms in total. The highest BCUT2D eigenvalue weighted by Crippen LogP contribution is 2.28. The zero-order chi connectivity index (χ0) is 13.1. The van der Waals surface area contributed by atoms with E-state index in [1.165, 1.54) is 0 Å². The van der Waals surface area contributed by atoms with Crippen LogP contribution in [0.5, 0.6) is 0 Å². The Morgan fingerprint density at radius 3 is 2.78 bits per heavy atom. The summed E-state index contributed by atoms with van der Waals surface area (Å²) in [5, 5.41) is 10.8. The normalized spacial score (nSPS) is 12.4. The van der Waals surface area contributed by atoms with Crippen molar-refractivity contribution in [2.24, 2.45) is 0 Å². The summed E-state index contributed by atoms with van der Waals surface area (Å²) in [5.41, 5.74) is 2.67. The lowest BCUT2D eigenvalue weighted by molar-refractivity contribution is 0.177. The molecule has 1 aromatic carbocycles. The molecule has 2 aromatic rings. The fourth-order valence-corrected chi connectivity index (χ4v) is 2.32. The van der Waals surface area contributed by atoms with Crippen molar-refractivity contribution in [3.63, 3.8) is 0 Å². The van der Waals surface area contributed by atoms with Crippen molar-refractivity contribution in [3.05, 3.63) is 62.8 Å². The summed E-state index contributed by atoms with van der Waals surface area (Å²) in [5.74, 6) is 0. The Labute approximate surface area is 120 Å².